The fourth-order valence-electron chi connectivity index (χ4n) is 2.39. The van der Waals surface area contributed by atoms with Gasteiger partial charge in [-0.15, -0.1) is 6.58 Å². The monoisotopic (exact) mass is 297 g/mol. The predicted molar refractivity (Wildman–Crippen MR) is 85.7 cm³/mol. The fraction of sp³-hybridized carbons (Fsp3) is 0.222. The van der Waals surface area contributed by atoms with Crippen molar-refractivity contribution in [1.82, 2.24) is 4.90 Å². The number of carbonyl (C=O) groups is 2. The van der Waals surface area contributed by atoms with Gasteiger partial charge >= 0.3 is 5.97 Å². The molecule has 4 nitrogen and oxygen atoms in total. The maximum absolute atomic E-state index is 12.6. The third-order valence-electron chi connectivity index (χ3n) is 3.41. The van der Waals surface area contributed by atoms with Gasteiger partial charge in [0.15, 0.2) is 0 Å². The van der Waals surface area contributed by atoms with Gasteiger partial charge in [0.2, 0.25) is 0 Å². The third-order valence-corrected chi connectivity index (χ3v) is 3.41. The van der Waals surface area contributed by atoms with E-state index in [0.717, 1.165) is 5.56 Å². The molecule has 0 atom stereocenters. The third kappa shape index (κ3) is 3.01. The van der Waals surface area contributed by atoms with Crippen molar-refractivity contribution in [1.29, 1.82) is 0 Å². The highest BCUT2D eigenvalue weighted by Crippen LogP contribution is 2.31. The van der Waals surface area contributed by atoms with Crippen molar-refractivity contribution in [2.24, 2.45) is 0 Å². The van der Waals surface area contributed by atoms with Gasteiger partial charge in [-0.3, -0.25) is 4.79 Å². The molecule has 0 spiro atoms. The van der Waals surface area contributed by atoms with Crippen LogP contribution in [0, 0.1) is 0 Å². The Hall–Kier alpha value is -2.62. The summed E-state index contributed by atoms with van der Waals surface area (Å²) in [5.74, 6) is -0.675. The molecule has 0 unspecified atom stereocenters. The molecule has 0 bridgehead atoms. The van der Waals surface area contributed by atoms with E-state index in [1.807, 2.05) is 30.3 Å². The molecule has 0 saturated carbocycles. The van der Waals surface area contributed by atoms with Gasteiger partial charge in [0.1, 0.15) is 0 Å². The second-order valence-electron chi connectivity index (χ2n) is 4.85. The summed E-state index contributed by atoms with van der Waals surface area (Å²) in [5, 5.41) is 0. The van der Waals surface area contributed by atoms with Crippen LogP contribution in [-0.2, 0) is 14.3 Å². The Balaban J connectivity index is 2.50. The molecule has 1 aliphatic rings. The minimum absolute atomic E-state index is 0.204. The van der Waals surface area contributed by atoms with Crippen LogP contribution in [-0.4, -0.2) is 29.9 Å². The van der Waals surface area contributed by atoms with Crippen LogP contribution in [0.15, 0.2) is 59.8 Å². The number of allylic oxidation sites excluding steroid dienone is 1. The molecule has 0 aromatic heterocycles. The van der Waals surface area contributed by atoms with E-state index in [-0.39, 0.29) is 12.5 Å². The van der Waals surface area contributed by atoms with E-state index in [2.05, 4.69) is 6.58 Å². The molecule has 0 aliphatic carbocycles. The summed E-state index contributed by atoms with van der Waals surface area (Å²) in [6.45, 7) is 7.78. The lowest BCUT2D eigenvalue weighted by molar-refractivity contribution is -0.138. The SMILES string of the molecule is C=CCN1C(=O)/C(=C\c2ccccc2)C(C(=O)OCC)=C1C. The smallest absolute Gasteiger partial charge is 0.340 e. The van der Waals surface area contributed by atoms with Gasteiger partial charge in [-0.2, -0.15) is 0 Å². The highest BCUT2D eigenvalue weighted by atomic mass is 16.5. The molecular weight excluding hydrogens is 278 g/mol. The Kier molecular flexibility index (Phi) is 4.94. The van der Waals surface area contributed by atoms with Gasteiger partial charge in [-0.05, 0) is 25.5 Å². The number of benzene rings is 1. The van der Waals surface area contributed by atoms with Crippen LogP contribution < -0.4 is 0 Å². The van der Waals surface area contributed by atoms with Crippen molar-refractivity contribution in [3.8, 4) is 0 Å². The zero-order chi connectivity index (χ0) is 16.1. The van der Waals surface area contributed by atoms with E-state index < -0.39 is 5.97 Å². The molecule has 1 heterocycles. The first-order valence-corrected chi connectivity index (χ1v) is 7.18. The molecular formula is C18H19NO3. The lowest BCUT2D eigenvalue weighted by Gasteiger charge is -2.14. The van der Waals surface area contributed by atoms with Crippen molar-refractivity contribution in [3.63, 3.8) is 0 Å². The Morgan fingerprint density at radius 1 is 1.32 bits per heavy atom. The summed E-state index contributed by atoms with van der Waals surface area (Å²) in [7, 11) is 0. The molecule has 1 aromatic carbocycles. The Morgan fingerprint density at radius 3 is 2.59 bits per heavy atom. The number of hydrogen-bond donors (Lipinski definition) is 0. The highest BCUT2D eigenvalue weighted by Gasteiger charge is 2.36. The van der Waals surface area contributed by atoms with E-state index in [1.54, 1.807) is 26.0 Å². The van der Waals surface area contributed by atoms with Gasteiger partial charge in [0.25, 0.3) is 5.91 Å². The van der Waals surface area contributed by atoms with Crippen LogP contribution in [0.4, 0.5) is 0 Å². The second-order valence-corrected chi connectivity index (χ2v) is 4.85. The van der Waals surface area contributed by atoms with E-state index >= 15 is 0 Å². The molecule has 22 heavy (non-hydrogen) atoms. The number of esters is 1. The van der Waals surface area contributed by atoms with Crippen LogP contribution in [0.5, 0.6) is 0 Å². The largest absolute Gasteiger partial charge is 0.462 e. The van der Waals surface area contributed by atoms with E-state index in [0.29, 0.717) is 23.4 Å². The van der Waals surface area contributed by atoms with Crippen molar-refractivity contribution >= 4 is 18.0 Å². The van der Waals surface area contributed by atoms with Gasteiger partial charge in [-0.1, -0.05) is 36.4 Å². The molecule has 2 rings (SSSR count). The van der Waals surface area contributed by atoms with Crippen LogP contribution in [0.25, 0.3) is 6.08 Å². The fourth-order valence-corrected chi connectivity index (χ4v) is 2.39. The molecule has 0 fully saturated rings. The summed E-state index contributed by atoms with van der Waals surface area (Å²) in [6, 6.07) is 9.43. The minimum atomic E-state index is -0.470. The van der Waals surface area contributed by atoms with Gasteiger partial charge in [-0.25, -0.2) is 4.79 Å². The second kappa shape index (κ2) is 6.89. The lowest BCUT2D eigenvalue weighted by atomic mass is 10.0. The number of hydrogen-bond acceptors (Lipinski definition) is 3. The van der Waals surface area contributed by atoms with Gasteiger partial charge in [0, 0.05) is 12.2 Å². The van der Waals surface area contributed by atoms with Crippen LogP contribution >= 0.6 is 0 Å². The summed E-state index contributed by atoms with van der Waals surface area (Å²) >= 11 is 0. The number of nitrogens with zero attached hydrogens (tertiary/aromatic N) is 1. The Labute approximate surface area is 130 Å². The Morgan fingerprint density at radius 2 is 2.00 bits per heavy atom. The van der Waals surface area contributed by atoms with Gasteiger partial charge < -0.3 is 9.64 Å². The van der Waals surface area contributed by atoms with Gasteiger partial charge in [0.05, 0.1) is 17.8 Å². The Bertz CT molecular complexity index is 656. The maximum Gasteiger partial charge on any atom is 0.340 e. The molecule has 0 N–H and O–H groups in total. The summed E-state index contributed by atoms with van der Waals surface area (Å²) in [6.07, 6.45) is 3.36. The molecule has 4 heteroatoms. The van der Waals surface area contributed by atoms with Crippen molar-refractivity contribution in [2.75, 3.05) is 13.2 Å². The maximum atomic E-state index is 12.6. The molecule has 1 aliphatic heterocycles. The standard InChI is InChI=1S/C18H19NO3/c1-4-11-19-13(3)16(18(21)22-5-2)15(17(19)20)12-14-9-7-6-8-10-14/h4,6-10,12H,1,5,11H2,2-3H3/b15-12-. The average molecular weight is 297 g/mol. The van der Waals surface area contributed by atoms with Crippen molar-refractivity contribution in [3.05, 3.63) is 65.4 Å². The average Bonchev–Trinajstić information content (AvgIpc) is 2.73. The van der Waals surface area contributed by atoms with Crippen molar-refractivity contribution in [2.45, 2.75) is 13.8 Å². The minimum Gasteiger partial charge on any atom is -0.462 e. The molecule has 114 valence electrons. The summed E-state index contributed by atoms with van der Waals surface area (Å²) in [5.41, 5.74) is 2.16. The molecule has 0 radical (unpaired) electrons. The zero-order valence-electron chi connectivity index (χ0n) is 12.8. The van der Waals surface area contributed by atoms with E-state index in [9.17, 15) is 9.59 Å². The highest BCUT2D eigenvalue weighted by molar-refractivity contribution is 6.16. The van der Waals surface area contributed by atoms with Crippen molar-refractivity contribution < 1.29 is 14.3 Å². The first-order chi connectivity index (χ1) is 10.6. The summed E-state index contributed by atoms with van der Waals surface area (Å²) < 4.78 is 5.10. The topological polar surface area (TPSA) is 46.6 Å². The number of carbonyl (C=O) groups excluding carboxylic acids is 2. The number of ether oxygens (including phenoxy) is 1. The predicted octanol–water partition coefficient (Wildman–Crippen LogP) is 2.94. The number of rotatable bonds is 5. The van der Waals surface area contributed by atoms with Crippen LogP contribution in [0.1, 0.15) is 19.4 Å². The van der Waals surface area contributed by atoms with Crippen LogP contribution in [0.2, 0.25) is 0 Å². The first kappa shape index (κ1) is 15.8. The van der Waals surface area contributed by atoms with Crippen LogP contribution in [0.3, 0.4) is 0 Å². The van der Waals surface area contributed by atoms with E-state index in [1.165, 1.54) is 4.90 Å². The molecule has 0 saturated heterocycles. The molecule has 1 aromatic rings. The first-order valence-electron chi connectivity index (χ1n) is 7.18. The quantitative estimate of drug-likeness (QED) is 0.477. The lowest BCUT2D eigenvalue weighted by Crippen LogP contribution is -2.24. The summed E-state index contributed by atoms with van der Waals surface area (Å²) in [4.78, 5) is 26.4. The number of amides is 1. The zero-order valence-corrected chi connectivity index (χ0v) is 12.8. The molecule has 1 amide bonds. The van der Waals surface area contributed by atoms with E-state index in [4.69, 9.17) is 4.74 Å². The normalized spacial score (nSPS) is 16.4.